The molecule has 0 saturated heterocycles. The molecule has 0 saturated carbocycles. The van der Waals surface area contributed by atoms with Crippen molar-refractivity contribution in [2.24, 2.45) is 0 Å². The zero-order chi connectivity index (χ0) is 12.0. The summed E-state index contributed by atoms with van der Waals surface area (Å²) < 4.78 is 0. The molecule has 0 bridgehead atoms. The number of rotatable bonds is 6. The van der Waals surface area contributed by atoms with Crippen molar-refractivity contribution in [3.63, 3.8) is 0 Å². The van der Waals surface area contributed by atoms with E-state index in [0.717, 1.165) is 6.42 Å². The number of aromatic nitrogens is 2. The van der Waals surface area contributed by atoms with Crippen molar-refractivity contribution in [2.75, 3.05) is 11.9 Å². The summed E-state index contributed by atoms with van der Waals surface area (Å²) in [5.41, 5.74) is -0.0353. The van der Waals surface area contributed by atoms with Gasteiger partial charge in [-0.15, -0.1) is 0 Å². The number of carbonyl (C=O) groups is 1. The Morgan fingerprint density at radius 3 is 3.00 bits per heavy atom. The highest BCUT2D eigenvalue weighted by atomic mass is 16.4. The molecule has 0 radical (unpaired) electrons. The number of aliphatic hydroxyl groups excluding tert-OH is 1. The van der Waals surface area contributed by atoms with E-state index in [2.05, 4.69) is 15.3 Å². The smallest absolute Gasteiger partial charge is 0.354 e. The van der Waals surface area contributed by atoms with E-state index in [4.69, 9.17) is 10.2 Å². The summed E-state index contributed by atoms with van der Waals surface area (Å²) in [6.45, 7) is 2.06. The fourth-order valence-electron chi connectivity index (χ4n) is 1.24. The molecule has 0 aliphatic rings. The number of nitrogens with zero attached hydrogens (tertiary/aromatic N) is 2. The van der Waals surface area contributed by atoms with E-state index in [1.165, 1.54) is 12.3 Å². The Bertz CT molecular complexity index is 357. The lowest BCUT2D eigenvalue weighted by molar-refractivity contribution is 0.0690. The summed E-state index contributed by atoms with van der Waals surface area (Å²) >= 11 is 0. The fraction of sp³-hybridized carbons (Fsp3) is 0.500. The van der Waals surface area contributed by atoms with Gasteiger partial charge in [-0.05, 0) is 25.8 Å². The Morgan fingerprint density at radius 2 is 2.38 bits per heavy atom. The Morgan fingerprint density at radius 1 is 1.62 bits per heavy atom. The number of aromatic carboxylic acids is 1. The van der Waals surface area contributed by atoms with Crippen LogP contribution in [-0.4, -0.2) is 38.8 Å². The van der Waals surface area contributed by atoms with Gasteiger partial charge >= 0.3 is 5.97 Å². The Labute approximate surface area is 93.4 Å². The third-order valence-electron chi connectivity index (χ3n) is 2.05. The van der Waals surface area contributed by atoms with Gasteiger partial charge in [-0.3, -0.25) is 0 Å². The first-order valence-electron chi connectivity index (χ1n) is 5.07. The zero-order valence-electron chi connectivity index (χ0n) is 9.05. The topological polar surface area (TPSA) is 95.3 Å². The first kappa shape index (κ1) is 12.4. The van der Waals surface area contributed by atoms with Gasteiger partial charge in [-0.2, -0.15) is 0 Å². The molecule has 1 atom stereocenters. The maximum Gasteiger partial charge on any atom is 0.354 e. The Hall–Kier alpha value is -1.69. The van der Waals surface area contributed by atoms with E-state index in [1.807, 2.05) is 6.92 Å². The van der Waals surface area contributed by atoms with Gasteiger partial charge in [-0.1, -0.05) is 0 Å². The third-order valence-corrected chi connectivity index (χ3v) is 2.05. The van der Waals surface area contributed by atoms with Crippen LogP contribution in [0, 0.1) is 0 Å². The molecule has 1 rings (SSSR count). The second-order valence-electron chi connectivity index (χ2n) is 3.48. The first-order chi connectivity index (χ1) is 7.63. The van der Waals surface area contributed by atoms with Crippen LogP contribution in [0.3, 0.4) is 0 Å². The van der Waals surface area contributed by atoms with Crippen molar-refractivity contribution in [1.82, 2.24) is 9.97 Å². The lowest BCUT2D eigenvalue weighted by atomic mass is 10.2. The van der Waals surface area contributed by atoms with Crippen LogP contribution in [0.4, 0.5) is 5.95 Å². The standard InChI is InChI=1S/C10H15N3O3/c1-7(3-2-6-14)12-10-11-5-4-8(13-10)9(15)16/h4-5,7,14H,2-3,6H2,1H3,(H,15,16)(H,11,12,13). The molecule has 6 nitrogen and oxygen atoms in total. The molecule has 6 heteroatoms. The van der Waals surface area contributed by atoms with Gasteiger partial charge in [-0.25, -0.2) is 14.8 Å². The molecule has 1 unspecified atom stereocenters. The average molecular weight is 225 g/mol. The van der Waals surface area contributed by atoms with Gasteiger partial charge in [0.25, 0.3) is 0 Å². The average Bonchev–Trinajstić information content (AvgIpc) is 2.26. The number of hydrogen-bond donors (Lipinski definition) is 3. The maximum atomic E-state index is 10.7. The van der Waals surface area contributed by atoms with E-state index >= 15 is 0 Å². The highest BCUT2D eigenvalue weighted by molar-refractivity contribution is 5.85. The number of nitrogens with one attached hydrogen (secondary N) is 1. The molecule has 0 spiro atoms. The van der Waals surface area contributed by atoms with E-state index in [9.17, 15) is 4.79 Å². The van der Waals surface area contributed by atoms with Gasteiger partial charge < -0.3 is 15.5 Å². The molecule has 0 aliphatic heterocycles. The van der Waals surface area contributed by atoms with E-state index in [-0.39, 0.29) is 18.3 Å². The summed E-state index contributed by atoms with van der Waals surface area (Å²) in [7, 11) is 0. The quantitative estimate of drug-likeness (QED) is 0.661. The molecule has 1 heterocycles. The van der Waals surface area contributed by atoms with Gasteiger partial charge in [0, 0.05) is 18.8 Å². The normalized spacial score (nSPS) is 12.1. The van der Waals surface area contributed by atoms with Crippen molar-refractivity contribution < 1.29 is 15.0 Å². The van der Waals surface area contributed by atoms with Gasteiger partial charge in [0.2, 0.25) is 5.95 Å². The van der Waals surface area contributed by atoms with Crippen molar-refractivity contribution >= 4 is 11.9 Å². The van der Waals surface area contributed by atoms with Crippen LogP contribution in [0.15, 0.2) is 12.3 Å². The van der Waals surface area contributed by atoms with Crippen LogP contribution in [-0.2, 0) is 0 Å². The summed E-state index contributed by atoms with van der Waals surface area (Å²) in [5, 5.41) is 20.4. The second-order valence-corrected chi connectivity index (χ2v) is 3.48. The minimum absolute atomic E-state index is 0.0353. The SMILES string of the molecule is CC(CCCO)Nc1nccc(C(=O)O)n1. The molecule has 0 amide bonds. The molecule has 0 fully saturated rings. The summed E-state index contributed by atoms with van der Waals surface area (Å²) in [6, 6.07) is 1.43. The van der Waals surface area contributed by atoms with Gasteiger partial charge in [0.15, 0.2) is 5.69 Å². The number of aliphatic hydroxyl groups is 1. The monoisotopic (exact) mass is 225 g/mol. The van der Waals surface area contributed by atoms with Crippen molar-refractivity contribution in [1.29, 1.82) is 0 Å². The van der Waals surface area contributed by atoms with Crippen LogP contribution >= 0.6 is 0 Å². The first-order valence-corrected chi connectivity index (χ1v) is 5.07. The van der Waals surface area contributed by atoms with Crippen molar-refractivity contribution in [3.8, 4) is 0 Å². The summed E-state index contributed by atoms with van der Waals surface area (Å²) in [4.78, 5) is 18.4. The minimum Gasteiger partial charge on any atom is -0.477 e. The molecule has 0 aromatic carbocycles. The van der Waals surface area contributed by atoms with Crippen LogP contribution in [0.1, 0.15) is 30.3 Å². The molecule has 16 heavy (non-hydrogen) atoms. The van der Waals surface area contributed by atoms with Crippen LogP contribution in [0.5, 0.6) is 0 Å². The van der Waals surface area contributed by atoms with Gasteiger partial charge in [0.05, 0.1) is 0 Å². The molecule has 1 aromatic rings. The molecule has 3 N–H and O–H groups in total. The molecule has 88 valence electrons. The largest absolute Gasteiger partial charge is 0.477 e. The number of hydrogen-bond acceptors (Lipinski definition) is 5. The maximum absolute atomic E-state index is 10.7. The minimum atomic E-state index is -1.08. The Balaban J connectivity index is 2.59. The van der Waals surface area contributed by atoms with E-state index in [1.54, 1.807) is 0 Å². The number of carboxylic acids is 1. The highest BCUT2D eigenvalue weighted by Crippen LogP contribution is 2.05. The lowest BCUT2D eigenvalue weighted by Crippen LogP contribution is -2.18. The third kappa shape index (κ3) is 3.82. The van der Waals surface area contributed by atoms with Crippen molar-refractivity contribution in [2.45, 2.75) is 25.8 Å². The molecule has 1 aromatic heterocycles. The summed E-state index contributed by atoms with van der Waals surface area (Å²) in [5.74, 6) is -0.779. The molecular weight excluding hydrogens is 210 g/mol. The van der Waals surface area contributed by atoms with E-state index < -0.39 is 5.97 Å². The number of anilines is 1. The lowest BCUT2D eigenvalue weighted by Gasteiger charge is -2.12. The van der Waals surface area contributed by atoms with E-state index in [0.29, 0.717) is 12.4 Å². The predicted octanol–water partition coefficient (Wildman–Crippen LogP) is 0.748. The van der Waals surface area contributed by atoms with Crippen LogP contribution in [0.25, 0.3) is 0 Å². The highest BCUT2D eigenvalue weighted by Gasteiger charge is 2.08. The molecule has 0 aliphatic carbocycles. The Kier molecular flexibility index (Phi) is 4.65. The fourth-order valence-corrected chi connectivity index (χ4v) is 1.24. The molecular formula is C10H15N3O3. The second kappa shape index (κ2) is 6.02. The zero-order valence-corrected chi connectivity index (χ0v) is 9.05. The van der Waals surface area contributed by atoms with Gasteiger partial charge in [0.1, 0.15) is 0 Å². The van der Waals surface area contributed by atoms with Crippen molar-refractivity contribution in [3.05, 3.63) is 18.0 Å². The number of carboxylic acid groups (broad SMARTS) is 1. The predicted molar refractivity (Wildman–Crippen MR) is 58.4 cm³/mol. The van der Waals surface area contributed by atoms with Crippen LogP contribution in [0.2, 0.25) is 0 Å². The van der Waals surface area contributed by atoms with Crippen LogP contribution < -0.4 is 5.32 Å². The summed E-state index contributed by atoms with van der Waals surface area (Å²) in [6.07, 6.45) is 2.86.